The van der Waals surface area contributed by atoms with Gasteiger partial charge in [-0.1, -0.05) is 26.0 Å². The minimum atomic E-state index is -0.328. The van der Waals surface area contributed by atoms with Crippen molar-refractivity contribution < 1.29 is 19.1 Å². The fourth-order valence-corrected chi connectivity index (χ4v) is 0.987. The molecule has 16 heavy (non-hydrogen) atoms. The molecule has 0 fully saturated rings. The third-order valence-corrected chi connectivity index (χ3v) is 1.77. The first kappa shape index (κ1) is 14.7. The molecule has 0 N–H and O–H groups in total. The molecule has 0 unspecified atom stereocenters. The molecule has 4 nitrogen and oxygen atoms in total. The lowest BCUT2D eigenvalue weighted by Gasteiger charge is -2.12. The van der Waals surface area contributed by atoms with Crippen LogP contribution in [0.3, 0.4) is 0 Å². The molecule has 0 heterocycles. The Hall–Kier alpha value is -1.32. The van der Waals surface area contributed by atoms with E-state index in [1.54, 1.807) is 0 Å². The van der Waals surface area contributed by atoms with Gasteiger partial charge in [-0.2, -0.15) is 0 Å². The van der Waals surface area contributed by atoms with Gasteiger partial charge in [0, 0.05) is 19.8 Å². The second-order valence-electron chi connectivity index (χ2n) is 3.99. The van der Waals surface area contributed by atoms with Crippen molar-refractivity contribution in [3.05, 3.63) is 12.2 Å². The van der Waals surface area contributed by atoms with Crippen LogP contribution in [0, 0.1) is 11.8 Å². The van der Waals surface area contributed by atoms with E-state index in [4.69, 9.17) is 9.47 Å². The molecule has 0 aliphatic rings. The van der Waals surface area contributed by atoms with E-state index in [0.717, 1.165) is 0 Å². The molecule has 0 aliphatic heterocycles. The van der Waals surface area contributed by atoms with Gasteiger partial charge < -0.3 is 9.47 Å². The van der Waals surface area contributed by atoms with Crippen molar-refractivity contribution in [2.24, 2.45) is 11.8 Å². The van der Waals surface area contributed by atoms with Crippen LogP contribution in [0.4, 0.5) is 0 Å². The van der Waals surface area contributed by atoms with Crippen LogP contribution in [0.25, 0.3) is 0 Å². The number of esters is 2. The van der Waals surface area contributed by atoms with E-state index in [1.165, 1.54) is 13.8 Å². The number of allylic oxidation sites excluding steroid dienone is 1. The Labute approximate surface area is 96.6 Å². The Bertz CT molecular complexity index is 238. The van der Waals surface area contributed by atoms with Crippen LogP contribution in [0.5, 0.6) is 0 Å². The van der Waals surface area contributed by atoms with Gasteiger partial charge in [0.1, 0.15) is 13.2 Å². The summed E-state index contributed by atoms with van der Waals surface area (Å²) in [6.07, 6.45) is 3.91. The zero-order valence-corrected chi connectivity index (χ0v) is 10.4. The molecule has 92 valence electrons. The third-order valence-electron chi connectivity index (χ3n) is 1.77. The van der Waals surface area contributed by atoms with Gasteiger partial charge in [0.25, 0.3) is 0 Å². The first-order valence-electron chi connectivity index (χ1n) is 5.37. The molecule has 0 amide bonds. The Balaban J connectivity index is 4.15. The van der Waals surface area contributed by atoms with Crippen molar-refractivity contribution >= 4 is 11.9 Å². The maximum atomic E-state index is 10.7. The van der Waals surface area contributed by atoms with Crippen molar-refractivity contribution in [2.45, 2.75) is 27.7 Å². The van der Waals surface area contributed by atoms with E-state index in [2.05, 4.69) is 0 Å². The molecule has 0 spiro atoms. The van der Waals surface area contributed by atoms with E-state index in [-0.39, 0.29) is 31.1 Å². The lowest BCUT2D eigenvalue weighted by atomic mass is 10.1. The second-order valence-corrected chi connectivity index (χ2v) is 3.99. The maximum Gasteiger partial charge on any atom is 0.302 e. The van der Waals surface area contributed by atoms with E-state index in [9.17, 15) is 9.59 Å². The lowest BCUT2D eigenvalue weighted by Crippen LogP contribution is -2.17. The predicted octanol–water partition coefficient (Wildman–Crippen LogP) is 1.94. The number of carbonyl (C=O) groups excluding carboxylic acids is 2. The minimum Gasteiger partial charge on any atom is -0.465 e. The topological polar surface area (TPSA) is 52.6 Å². The Kier molecular flexibility index (Phi) is 7.25. The van der Waals surface area contributed by atoms with E-state index >= 15 is 0 Å². The predicted molar refractivity (Wildman–Crippen MR) is 60.7 cm³/mol. The zero-order chi connectivity index (χ0) is 12.6. The fraction of sp³-hybridized carbons (Fsp3) is 0.667. The number of rotatable bonds is 6. The molecule has 0 saturated carbocycles. The summed E-state index contributed by atoms with van der Waals surface area (Å²) in [6, 6.07) is 0. The van der Waals surface area contributed by atoms with Gasteiger partial charge in [-0.15, -0.1) is 0 Å². The van der Waals surface area contributed by atoms with Crippen molar-refractivity contribution in [1.82, 2.24) is 0 Å². The first-order chi connectivity index (χ1) is 7.41. The van der Waals surface area contributed by atoms with Crippen LogP contribution in [0.1, 0.15) is 27.7 Å². The summed E-state index contributed by atoms with van der Waals surface area (Å²) in [5.41, 5.74) is 0. The third kappa shape index (κ3) is 9.24. The molecular formula is C12H20O4. The van der Waals surface area contributed by atoms with Crippen molar-refractivity contribution in [3.8, 4) is 0 Å². The molecule has 4 heteroatoms. The van der Waals surface area contributed by atoms with Gasteiger partial charge in [0.15, 0.2) is 0 Å². The second kappa shape index (κ2) is 7.91. The average molecular weight is 228 g/mol. The molecular weight excluding hydrogens is 208 g/mol. The van der Waals surface area contributed by atoms with E-state index in [1.807, 2.05) is 26.0 Å². The number of ether oxygens (including phenoxy) is 2. The van der Waals surface area contributed by atoms with Gasteiger partial charge in [-0.05, 0) is 5.92 Å². The summed E-state index contributed by atoms with van der Waals surface area (Å²) in [7, 11) is 0. The molecule has 0 rings (SSSR count). The molecule has 0 aromatic rings. The molecule has 0 atom stereocenters. The SMILES string of the molecule is CC(=O)OCC(/C=C/C(C)C)COC(C)=O. The van der Waals surface area contributed by atoms with Crippen molar-refractivity contribution in [2.75, 3.05) is 13.2 Å². The summed E-state index contributed by atoms with van der Waals surface area (Å²) in [5, 5.41) is 0. The standard InChI is InChI=1S/C12H20O4/c1-9(2)5-6-12(7-15-10(3)13)8-16-11(4)14/h5-6,9,12H,7-8H2,1-4H3/b6-5+. The average Bonchev–Trinajstić information content (AvgIpc) is 2.15. The quantitative estimate of drug-likeness (QED) is 0.515. The summed E-state index contributed by atoms with van der Waals surface area (Å²) in [6.45, 7) is 7.29. The summed E-state index contributed by atoms with van der Waals surface area (Å²) in [5.74, 6) is -0.316. The van der Waals surface area contributed by atoms with Gasteiger partial charge in [-0.25, -0.2) is 0 Å². The summed E-state index contributed by atoms with van der Waals surface area (Å²) < 4.78 is 9.77. The number of hydrogen-bond acceptors (Lipinski definition) is 4. The summed E-state index contributed by atoms with van der Waals surface area (Å²) >= 11 is 0. The smallest absolute Gasteiger partial charge is 0.302 e. The van der Waals surface area contributed by atoms with Crippen molar-refractivity contribution in [3.63, 3.8) is 0 Å². The van der Waals surface area contributed by atoms with Crippen molar-refractivity contribution in [1.29, 1.82) is 0 Å². The maximum absolute atomic E-state index is 10.7. The minimum absolute atomic E-state index is 0.0739. The van der Waals surface area contributed by atoms with Crippen LogP contribution in [-0.2, 0) is 19.1 Å². The first-order valence-corrected chi connectivity index (χ1v) is 5.37. The highest BCUT2D eigenvalue weighted by Gasteiger charge is 2.09. The normalized spacial score (nSPS) is 11.1. The molecule has 0 radical (unpaired) electrons. The van der Waals surface area contributed by atoms with Gasteiger partial charge in [0.05, 0.1) is 0 Å². The van der Waals surface area contributed by atoms with Gasteiger partial charge in [-0.3, -0.25) is 9.59 Å². The van der Waals surface area contributed by atoms with E-state index < -0.39 is 0 Å². The monoisotopic (exact) mass is 228 g/mol. The Morgan fingerprint density at radius 1 is 1.00 bits per heavy atom. The summed E-state index contributed by atoms with van der Waals surface area (Å²) in [4.78, 5) is 21.3. The molecule has 0 bridgehead atoms. The number of carbonyl (C=O) groups is 2. The highest BCUT2D eigenvalue weighted by atomic mass is 16.5. The van der Waals surface area contributed by atoms with Crippen LogP contribution in [-0.4, -0.2) is 25.2 Å². The Morgan fingerprint density at radius 3 is 1.75 bits per heavy atom. The van der Waals surface area contributed by atoms with E-state index in [0.29, 0.717) is 5.92 Å². The van der Waals surface area contributed by atoms with Crippen LogP contribution >= 0.6 is 0 Å². The zero-order valence-electron chi connectivity index (χ0n) is 10.4. The molecule has 0 aromatic heterocycles. The molecule has 0 aromatic carbocycles. The fourth-order valence-electron chi connectivity index (χ4n) is 0.987. The lowest BCUT2D eigenvalue weighted by molar-refractivity contribution is -0.145. The largest absolute Gasteiger partial charge is 0.465 e. The van der Waals surface area contributed by atoms with Crippen LogP contribution in [0.15, 0.2) is 12.2 Å². The van der Waals surface area contributed by atoms with Gasteiger partial charge >= 0.3 is 11.9 Å². The van der Waals surface area contributed by atoms with Crippen LogP contribution < -0.4 is 0 Å². The Morgan fingerprint density at radius 2 is 1.44 bits per heavy atom. The highest BCUT2D eigenvalue weighted by molar-refractivity contribution is 5.66. The number of hydrogen-bond donors (Lipinski definition) is 0. The molecule has 0 saturated heterocycles. The van der Waals surface area contributed by atoms with Gasteiger partial charge in [0.2, 0.25) is 0 Å². The highest BCUT2D eigenvalue weighted by Crippen LogP contribution is 2.05. The van der Waals surface area contributed by atoms with Crippen LogP contribution in [0.2, 0.25) is 0 Å². The molecule has 0 aliphatic carbocycles.